The molecular formula is C17H19NO. The van der Waals surface area contributed by atoms with Crippen molar-refractivity contribution in [3.05, 3.63) is 72.3 Å². The number of rotatable bonds is 6. The Morgan fingerprint density at radius 2 is 1.95 bits per heavy atom. The van der Waals surface area contributed by atoms with Crippen molar-refractivity contribution in [1.29, 1.82) is 0 Å². The molecule has 0 saturated heterocycles. The van der Waals surface area contributed by atoms with Gasteiger partial charge in [-0.1, -0.05) is 36.9 Å². The molecule has 0 atom stereocenters. The van der Waals surface area contributed by atoms with Crippen molar-refractivity contribution < 1.29 is 4.74 Å². The monoisotopic (exact) mass is 253 g/mol. The summed E-state index contributed by atoms with van der Waals surface area (Å²) in [4.78, 5) is 0. The first-order valence-electron chi connectivity index (χ1n) is 6.41. The molecule has 2 nitrogen and oxygen atoms in total. The third kappa shape index (κ3) is 4.18. The summed E-state index contributed by atoms with van der Waals surface area (Å²) in [5, 5.41) is 3.41. The molecule has 19 heavy (non-hydrogen) atoms. The molecule has 0 saturated carbocycles. The van der Waals surface area contributed by atoms with Gasteiger partial charge >= 0.3 is 0 Å². The van der Waals surface area contributed by atoms with E-state index in [0.717, 1.165) is 18.0 Å². The lowest BCUT2D eigenvalue weighted by molar-refractivity contribution is 0.363. The minimum Gasteiger partial charge on any atom is -0.490 e. The van der Waals surface area contributed by atoms with Crippen LogP contribution in [0.4, 0.5) is 5.69 Å². The highest BCUT2D eigenvalue weighted by Crippen LogP contribution is 2.15. The quantitative estimate of drug-likeness (QED) is 0.780. The summed E-state index contributed by atoms with van der Waals surface area (Å²) in [6, 6.07) is 16.5. The molecule has 0 aliphatic carbocycles. The van der Waals surface area contributed by atoms with Crippen LogP contribution in [-0.2, 0) is 6.54 Å². The molecule has 0 bridgehead atoms. The largest absolute Gasteiger partial charge is 0.490 e. The number of aryl methyl sites for hydroxylation is 1. The fourth-order valence-corrected chi connectivity index (χ4v) is 1.82. The normalized spacial score (nSPS) is 9.95. The highest BCUT2D eigenvalue weighted by atomic mass is 16.5. The second-order valence-corrected chi connectivity index (χ2v) is 4.47. The van der Waals surface area contributed by atoms with E-state index in [4.69, 9.17) is 4.74 Å². The number of hydrogen-bond acceptors (Lipinski definition) is 2. The van der Waals surface area contributed by atoms with Crippen LogP contribution in [0.25, 0.3) is 0 Å². The first kappa shape index (κ1) is 13.2. The van der Waals surface area contributed by atoms with Crippen molar-refractivity contribution in [2.24, 2.45) is 0 Å². The molecule has 2 heteroatoms. The Morgan fingerprint density at radius 1 is 1.16 bits per heavy atom. The number of hydrogen-bond donors (Lipinski definition) is 1. The second-order valence-electron chi connectivity index (χ2n) is 4.47. The van der Waals surface area contributed by atoms with Crippen molar-refractivity contribution in [3.63, 3.8) is 0 Å². The Labute approximate surface area is 114 Å². The van der Waals surface area contributed by atoms with Gasteiger partial charge in [-0.2, -0.15) is 0 Å². The average Bonchev–Trinajstić information content (AvgIpc) is 2.44. The summed E-state index contributed by atoms with van der Waals surface area (Å²) >= 11 is 0. The third-order valence-electron chi connectivity index (χ3n) is 2.81. The van der Waals surface area contributed by atoms with E-state index in [0.29, 0.717) is 6.61 Å². The zero-order chi connectivity index (χ0) is 13.5. The Bertz CT molecular complexity index is 531. The fraction of sp³-hybridized carbons (Fsp3) is 0.176. The van der Waals surface area contributed by atoms with Gasteiger partial charge in [0.2, 0.25) is 0 Å². The van der Waals surface area contributed by atoms with E-state index in [9.17, 15) is 0 Å². The molecule has 0 aliphatic heterocycles. The van der Waals surface area contributed by atoms with Gasteiger partial charge in [-0.15, -0.1) is 0 Å². The predicted molar refractivity (Wildman–Crippen MR) is 80.6 cm³/mol. The van der Waals surface area contributed by atoms with E-state index >= 15 is 0 Å². The van der Waals surface area contributed by atoms with Crippen LogP contribution < -0.4 is 10.1 Å². The van der Waals surface area contributed by atoms with Crippen molar-refractivity contribution in [2.45, 2.75) is 13.5 Å². The average molecular weight is 253 g/mol. The molecule has 1 N–H and O–H groups in total. The molecule has 0 amide bonds. The zero-order valence-corrected chi connectivity index (χ0v) is 11.2. The Hall–Kier alpha value is -2.22. The number of benzene rings is 2. The highest BCUT2D eigenvalue weighted by Gasteiger charge is 1.96. The fourth-order valence-electron chi connectivity index (χ4n) is 1.82. The summed E-state index contributed by atoms with van der Waals surface area (Å²) in [6.45, 7) is 7.08. The molecule has 0 heterocycles. The number of ether oxygens (including phenoxy) is 1. The van der Waals surface area contributed by atoms with Gasteiger partial charge in [0.15, 0.2) is 0 Å². The van der Waals surface area contributed by atoms with Crippen molar-refractivity contribution in [1.82, 2.24) is 0 Å². The topological polar surface area (TPSA) is 21.3 Å². The molecule has 0 aromatic heterocycles. The molecule has 0 fully saturated rings. The zero-order valence-electron chi connectivity index (χ0n) is 11.2. The molecule has 0 radical (unpaired) electrons. The second kappa shape index (κ2) is 6.64. The van der Waals surface area contributed by atoms with Gasteiger partial charge in [-0.3, -0.25) is 0 Å². The molecular weight excluding hydrogens is 234 g/mol. The van der Waals surface area contributed by atoms with Crippen molar-refractivity contribution in [2.75, 3.05) is 11.9 Å². The van der Waals surface area contributed by atoms with Crippen LogP contribution in [0.2, 0.25) is 0 Å². The van der Waals surface area contributed by atoms with E-state index < -0.39 is 0 Å². The molecule has 2 rings (SSSR count). The third-order valence-corrected chi connectivity index (χ3v) is 2.81. The van der Waals surface area contributed by atoms with Gasteiger partial charge in [0, 0.05) is 12.2 Å². The van der Waals surface area contributed by atoms with E-state index in [2.05, 4.69) is 55.2 Å². The number of nitrogens with one attached hydrogen (secondary N) is 1. The van der Waals surface area contributed by atoms with Gasteiger partial charge < -0.3 is 10.1 Å². The molecule has 0 spiro atoms. The smallest absolute Gasteiger partial charge is 0.119 e. The van der Waals surface area contributed by atoms with Crippen LogP contribution in [0.1, 0.15) is 11.1 Å². The van der Waals surface area contributed by atoms with E-state index in [1.807, 2.05) is 12.1 Å². The van der Waals surface area contributed by atoms with Gasteiger partial charge in [0.25, 0.3) is 0 Å². The lowest BCUT2D eigenvalue weighted by Gasteiger charge is -2.08. The highest BCUT2D eigenvalue weighted by molar-refractivity contribution is 5.46. The van der Waals surface area contributed by atoms with Crippen molar-refractivity contribution in [3.8, 4) is 5.75 Å². The molecule has 0 unspecified atom stereocenters. The van der Waals surface area contributed by atoms with Crippen LogP contribution in [0.15, 0.2) is 61.2 Å². The van der Waals surface area contributed by atoms with Crippen LogP contribution >= 0.6 is 0 Å². The van der Waals surface area contributed by atoms with E-state index in [-0.39, 0.29) is 0 Å². The van der Waals surface area contributed by atoms with Gasteiger partial charge in [0.1, 0.15) is 12.4 Å². The minimum absolute atomic E-state index is 0.543. The lowest BCUT2D eigenvalue weighted by Crippen LogP contribution is -1.99. The van der Waals surface area contributed by atoms with Gasteiger partial charge in [-0.25, -0.2) is 0 Å². The maximum absolute atomic E-state index is 5.45. The minimum atomic E-state index is 0.543. The first-order chi connectivity index (χ1) is 9.28. The summed E-state index contributed by atoms with van der Waals surface area (Å²) < 4.78 is 5.45. The molecule has 0 aliphatic rings. The SMILES string of the molecule is C=CCOc1ccc(CNc2cccc(C)c2)cc1. The first-order valence-corrected chi connectivity index (χ1v) is 6.41. The maximum atomic E-state index is 5.45. The molecule has 2 aromatic rings. The van der Waals surface area contributed by atoms with Gasteiger partial charge in [0.05, 0.1) is 0 Å². The van der Waals surface area contributed by atoms with Crippen LogP contribution in [0.5, 0.6) is 5.75 Å². The summed E-state index contributed by atoms with van der Waals surface area (Å²) in [7, 11) is 0. The Morgan fingerprint density at radius 3 is 2.63 bits per heavy atom. The maximum Gasteiger partial charge on any atom is 0.119 e. The lowest BCUT2D eigenvalue weighted by atomic mass is 10.2. The van der Waals surface area contributed by atoms with E-state index in [1.165, 1.54) is 11.1 Å². The van der Waals surface area contributed by atoms with Gasteiger partial charge in [-0.05, 0) is 42.3 Å². The van der Waals surface area contributed by atoms with Crippen LogP contribution in [0, 0.1) is 6.92 Å². The van der Waals surface area contributed by atoms with Crippen molar-refractivity contribution >= 4 is 5.69 Å². The summed E-state index contributed by atoms with van der Waals surface area (Å²) in [6.07, 6.45) is 1.74. The van der Waals surface area contributed by atoms with E-state index in [1.54, 1.807) is 6.08 Å². The predicted octanol–water partition coefficient (Wildman–Crippen LogP) is 4.17. The molecule has 2 aromatic carbocycles. The Kier molecular flexibility index (Phi) is 4.62. The molecule has 98 valence electrons. The summed E-state index contributed by atoms with van der Waals surface area (Å²) in [5.41, 5.74) is 3.64. The Balaban J connectivity index is 1.91. The number of anilines is 1. The van der Waals surface area contributed by atoms with Crippen LogP contribution in [0.3, 0.4) is 0 Å². The summed E-state index contributed by atoms with van der Waals surface area (Å²) in [5.74, 6) is 0.874. The standard InChI is InChI=1S/C17H19NO/c1-3-11-19-17-9-7-15(8-10-17)13-18-16-6-4-5-14(2)12-16/h3-10,12,18H,1,11,13H2,2H3. The van der Waals surface area contributed by atoms with Crippen LogP contribution in [-0.4, -0.2) is 6.61 Å².